The minimum Gasteiger partial charge on any atom is -0.504 e. The maximum atomic E-state index is 14.7. The van der Waals surface area contributed by atoms with Crippen LogP contribution in [0.25, 0.3) is 0 Å². The van der Waals surface area contributed by atoms with Crippen LogP contribution >= 0.6 is 0 Å². The molecular weight excluding hydrogens is 576 g/mol. The van der Waals surface area contributed by atoms with Gasteiger partial charge in [0.2, 0.25) is 0 Å². The summed E-state index contributed by atoms with van der Waals surface area (Å²) < 4.78 is 5.52. The van der Waals surface area contributed by atoms with Crippen molar-refractivity contribution in [3.63, 3.8) is 0 Å². The molecule has 0 aliphatic carbocycles. The van der Waals surface area contributed by atoms with Gasteiger partial charge in [0.25, 0.3) is 11.8 Å². The van der Waals surface area contributed by atoms with Crippen molar-refractivity contribution in [2.45, 2.75) is 5.92 Å². The van der Waals surface area contributed by atoms with Crippen molar-refractivity contribution >= 4 is 34.6 Å². The Kier molecular flexibility index (Phi) is 7.60. The number of methoxy groups -OCH3 is 1. The van der Waals surface area contributed by atoms with Gasteiger partial charge in [0.1, 0.15) is 0 Å². The number of hydrogen-bond acceptors (Lipinski definition) is 6. The molecule has 0 spiro atoms. The van der Waals surface area contributed by atoms with Crippen molar-refractivity contribution in [2.24, 2.45) is 22.0 Å². The van der Waals surface area contributed by atoms with Crippen LogP contribution in [0.5, 0.6) is 11.5 Å². The number of anilines is 2. The summed E-state index contributed by atoms with van der Waals surface area (Å²) in [5.74, 6) is -2.94. The first kappa shape index (κ1) is 28.7. The molecule has 0 aromatic heterocycles. The fourth-order valence-corrected chi connectivity index (χ4v) is 6.26. The molecule has 0 saturated heterocycles. The van der Waals surface area contributed by atoms with Gasteiger partial charge in [-0.25, -0.2) is 0 Å². The quantitative estimate of drug-likeness (QED) is 0.215. The molecule has 5 aromatic rings. The van der Waals surface area contributed by atoms with Gasteiger partial charge in [0.15, 0.2) is 11.5 Å². The zero-order valence-electron chi connectivity index (χ0n) is 25.0. The van der Waals surface area contributed by atoms with Crippen molar-refractivity contribution in [3.05, 3.63) is 156 Å². The van der Waals surface area contributed by atoms with E-state index < -0.39 is 17.8 Å². The third-order valence-electron chi connectivity index (χ3n) is 8.40. The zero-order chi connectivity index (χ0) is 31.6. The highest BCUT2D eigenvalue weighted by Gasteiger charge is 2.52. The minimum absolute atomic E-state index is 0.0498. The lowest BCUT2D eigenvalue weighted by Crippen LogP contribution is -2.41. The summed E-state index contributed by atoms with van der Waals surface area (Å²) in [6.07, 6.45) is 0. The number of hydrogen-bond donors (Lipinski definition) is 1. The van der Waals surface area contributed by atoms with Gasteiger partial charge in [-0.3, -0.25) is 9.59 Å². The lowest BCUT2D eigenvalue weighted by molar-refractivity contribution is -0.122. The van der Waals surface area contributed by atoms with Gasteiger partial charge in [0.05, 0.1) is 41.7 Å². The average Bonchev–Trinajstić information content (AvgIpc) is 3.64. The monoisotopic (exact) mass is 606 g/mol. The van der Waals surface area contributed by atoms with E-state index in [1.165, 1.54) is 23.2 Å². The van der Waals surface area contributed by atoms with E-state index in [0.717, 1.165) is 11.1 Å². The first-order valence-corrected chi connectivity index (χ1v) is 15.0. The third kappa shape index (κ3) is 5.09. The van der Waals surface area contributed by atoms with Gasteiger partial charge in [-0.1, -0.05) is 103 Å². The molecule has 2 amide bonds. The van der Waals surface area contributed by atoms with Gasteiger partial charge < -0.3 is 9.84 Å². The third-order valence-corrected chi connectivity index (χ3v) is 8.40. The molecule has 2 atom stereocenters. The van der Waals surface area contributed by atoms with Gasteiger partial charge in [-0.05, 0) is 53.1 Å². The molecular formula is C38H30N4O4. The number of benzene rings is 5. The summed E-state index contributed by atoms with van der Waals surface area (Å²) in [7, 11) is 1.47. The molecule has 8 nitrogen and oxygen atoms in total. The van der Waals surface area contributed by atoms with Crippen LogP contribution in [0.3, 0.4) is 0 Å². The van der Waals surface area contributed by atoms with Crippen LogP contribution in [0.2, 0.25) is 0 Å². The Morgan fingerprint density at radius 2 is 1.02 bits per heavy atom. The summed E-state index contributed by atoms with van der Waals surface area (Å²) in [5, 5.41) is 23.3. The zero-order valence-corrected chi connectivity index (χ0v) is 25.0. The number of para-hydroxylation sites is 2. The Morgan fingerprint density at radius 1 is 0.609 bits per heavy atom. The minimum atomic E-state index is -0.893. The van der Waals surface area contributed by atoms with E-state index >= 15 is 0 Å². The van der Waals surface area contributed by atoms with Crippen LogP contribution in [0.4, 0.5) is 11.4 Å². The number of aromatic hydroxyl groups is 1. The maximum absolute atomic E-state index is 14.7. The Labute approximate surface area is 266 Å². The highest BCUT2D eigenvalue weighted by Crippen LogP contribution is 2.46. The SMILES string of the molecule is COc1cc(C(C2C(=O)N(c3ccccc3)N=C2c2ccccc2)C2C(=O)N(c3ccccc3)N=C2c2ccccc2)ccc1O. The molecule has 0 fully saturated rings. The number of phenolic OH excluding ortho intramolecular Hbond substituents is 1. The second-order valence-electron chi connectivity index (χ2n) is 11.1. The lowest BCUT2D eigenvalue weighted by atomic mass is 9.70. The van der Waals surface area contributed by atoms with Crippen molar-refractivity contribution in [1.29, 1.82) is 0 Å². The largest absolute Gasteiger partial charge is 0.504 e. The van der Waals surface area contributed by atoms with E-state index in [-0.39, 0.29) is 23.3 Å². The first-order valence-electron chi connectivity index (χ1n) is 15.0. The van der Waals surface area contributed by atoms with E-state index in [0.29, 0.717) is 28.4 Å². The van der Waals surface area contributed by atoms with Crippen LogP contribution in [-0.2, 0) is 9.59 Å². The topological polar surface area (TPSA) is 94.8 Å². The normalized spacial score (nSPS) is 18.4. The highest BCUT2D eigenvalue weighted by molar-refractivity contribution is 6.26. The number of hydrazone groups is 2. The predicted octanol–water partition coefficient (Wildman–Crippen LogP) is 6.62. The molecule has 2 aliphatic rings. The van der Waals surface area contributed by atoms with Crippen molar-refractivity contribution in [2.75, 3.05) is 17.1 Å². The number of carbonyl (C=O) groups is 2. The number of nitrogens with zero attached hydrogens (tertiary/aromatic N) is 4. The Hall–Kier alpha value is -6.02. The Balaban J connectivity index is 1.46. The number of ether oxygens (including phenoxy) is 1. The molecule has 5 aromatic carbocycles. The van der Waals surface area contributed by atoms with Gasteiger partial charge in [-0.15, -0.1) is 0 Å². The fourth-order valence-electron chi connectivity index (χ4n) is 6.26. The standard InChI is InChI=1S/C38H30N4O4/c1-46-31-24-27(22-23-30(31)43)32(33-35(25-14-6-2-7-15-25)39-41(37(33)44)28-18-10-4-11-19-28)34-36(26-16-8-3-9-17-26)40-42(38(34)45)29-20-12-5-13-21-29/h2-24,32-34,43H,1H3. The average molecular weight is 607 g/mol. The number of carbonyl (C=O) groups excluding carboxylic acids is 2. The van der Waals surface area contributed by atoms with Gasteiger partial charge in [0, 0.05) is 5.92 Å². The summed E-state index contributed by atoms with van der Waals surface area (Å²) in [6.45, 7) is 0. The van der Waals surface area contributed by atoms with E-state index in [1.54, 1.807) is 12.1 Å². The Morgan fingerprint density at radius 3 is 1.43 bits per heavy atom. The van der Waals surface area contributed by atoms with Crippen molar-refractivity contribution in [3.8, 4) is 11.5 Å². The molecule has 1 N–H and O–H groups in total. The number of amides is 2. The Bertz CT molecular complexity index is 1830. The molecule has 7 rings (SSSR count). The first-order chi connectivity index (χ1) is 22.5. The fraction of sp³-hybridized carbons (Fsp3) is 0.105. The molecule has 226 valence electrons. The van der Waals surface area contributed by atoms with E-state index in [9.17, 15) is 14.7 Å². The molecule has 0 saturated carbocycles. The van der Waals surface area contributed by atoms with Crippen LogP contribution in [-0.4, -0.2) is 35.5 Å². The second kappa shape index (κ2) is 12.2. The van der Waals surface area contributed by atoms with Crippen LogP contribution in [0, 0.1) is 11.8 Å². The molecule has 2 unspecified atom stereocenters. The summed E-state index contributed by atoms with van der Waals surface area (Å²) >= 11 is 0. The van der Waals surface area contributed by atoms with E-state index in [4.69, 9.17) is 14.9 Å². The van der Waals surface area contributed by atoms with Gasteiger partial charge >= 0.3 is 0 Å². The molecule has 8 heteroatoms. The van der Waals surface area contributed by atoms with Crippen LogP contribution in [0.15, 0.2) is 150 Å². The molecule has 0 bridgehead atoms. The maximum Gasteiger partial charge on any atom is 0.257 e. The predicted molar refractivity (Wildman–Crippen MR) is 178 cm³/mol. The molecule has 46 heavy (non-hydrogen) atoms. The second-order valence-corrected chi connectivity index (χ2v) is 11.1. The van der Waals surface area contributed by atoms with E-state index in [2.05, 4.69) is 0 Å². The highest BCUT2D eigenvalue weighted by atomic mass is 16.5. The van der Waals surface area contributed by atoms with Gasteiger partial charge in [-0.2, -0.15) is 20.2 Å². The van der Waals surface area contributed by atoms with Crippen molar-refractivity contribution in [1.82, 2.24) is 0 Å². The molecule has 0 radical (unpaired) electrons. The summed E-state index contributed by atoms with van der Waals surface area (Å²) in [6, 6.07) is 42.6. The smallest absolute Gasteiger partial charge is 0.257 e. The summed E-state index contributed by atoms with van der Waals surface area (Å²) in [4.78, 5) is 29.5. The van der Waals surface area contributed by atoms with Crippen LogP contribution in [0.1, 0.15) is 22.6 Å². The van der Waals surface area contributed by atoms with Crippen molar-refractivity contribution < 1.29 is 19.4 Å². The molecule has 2 heterocycles. The summed E-state index contributed by atoms with van der Waals surface area (Å²) in [5.41, 5.74) is 4.45. The van der Waals surface area contributed by atoms with E-state index in [1.807, 2.05) is 121 Å². The number of rotatable bonds is 8. The van der Waals surface area contributed by atoms with Crippen LogP contribution < -0.4 is 14.8 Å². The molecule has 2 aliphatic heterocycles. The lowest BCUT2D eigenvalue weighted by Gasteiger charge is -2.30. The number of phenols is 1.